The first kappa shape index (κ1) is 13.9. The minimum absolute atomic E-state index is 0.0760. The quantitative estimate of drug-likeness (QED) is 0.896. The SMILES string of the molecule is Cc1cccc(C)c1OCC(=O)Nc1ncccc1O. The van der Waals surface area contributed by atoms with E-state index >= 15 is 0 Å². The third-order valence-corrected chi connectivity index (χ3v) is 2.80. The van der Waals surface area contributed by atoms with Crippen LogP contribution >= 0.6 is 0 Å². The Morgan fingerprint density at radius 3 is 2.60 bits per heavy atom. The number of anilines is 1. The normalized spacial score (nSPS) is 10.1. The topological polar surface area (TPSA) is 71.5 Å². The highest BCUT2D eigenvalue weighted by molar-refractivity contribution is 5.92. The van der Waals surface area contributed by atoms with E-state index in [1.807, 2.05) is 32.0 Å². The highest BCUT2D eigenvalue weighted by atomic mass is 16.5. The number of carbonyl (C=O) groups is 1. The number of ether oxygens (including phenoxy) is 1. The number of hydrogen-bond donors (Lipinski definition) is 2. The molecule has 104 valence electrons. The molecular weight excluding hydrogens is 256 g/mol. The van der Waals surface area contributed by atoms with Gasteiger partial charge in [-0.15, -0.1) is 0 Å². The van der Waals surface area contributed by atoms with Crippen LogP contribution in [-0.4, -0.2) is 22.6 Å². The summed E-state index contributed by atoms with van der Waals surface area (Å²) in [6.07, 6.45) is 1.49. The third kappa shape index (κ3) is 3.26. The second-order valence-electron chi connectivity index (χ2n) is 4.43. The van der Waals surface area contributed by atoms with Crippen molar-refractivity contribution in [2.45, 2.75) is 13.8 Å². The molecule has 0 fully saturated rings. The fourth-order valence-corrected chi connectivity index (χ4v) is 1.83. The largest absolute Gasteiger partial charge is 0.504 e. The predicted octanol–water partition coefficient (Wildman–Crippen LogP) is 2.42. The Kier molecular flexibility index (Phi) is 4.20. The Labute approximate surface area is 117 Å². The van der Waals surface area contributed by atoms with E-state index in [1.165, 1.54) is 12.3 Å². The lowest BCUT2D eigenvalue weighted by atomic mass is 10.1. The molecule has 1 heterocycles. The first-order valence-electron chi connectivity index (χ1n) is 6.21. The molecule has 0 spiro atoms. The average Bonchev–Trinajstić information content (AvgIpc) is 2.41. The van der Waals surface area contributed by atoms with Gasteiger partial charge >= 0.3 is 0 Å². The summed E-state index contributed by atoms with van der Waals surface area (Å²) in [5.74, 6) is 0.380. The lowest BCUT2D eigenvalue weighted by Crippen LogP contribution is -2.21. The van der Waals surface area contributed by atoms with Crippen molar-refractivity contribution in [3.8, 4) is 11.5 Å². The zero-order valence-corrected chi connectivity index (χ0v) is 11.4. The van der Waals surface area contributed by atoms with Gasteiger partial charge in [0.05, 0.1) is 0 Å². The fraction of sp³-hybridized carbons (Fsp3) is 0.200. The summed E-state index contributed by atoms with van der Waals surface area (Å²) in [6, 6.07) is 8.81. The standard InChI is InChI=1S/C15H16N2O3/c1-10-5-3-6-11(2)14(10)20-9-13(19)17-15-12(18)7-4-8-16-15/h3-8,18H,9H2,1-2H3,(H,16,17,19). The Hall–Kier alpha value is -2.56. The smallest absolute Gasteiger partial charge is 0.263 e. The van der Waals surface area contributed by atoms with Gasteiger partial charge in [0.2, 0.25) is 0 Å². The monoisotopic (exact) mass is 272 g/mol. The van der Waals surface area contributed by atoms with Crippen molar-refractivity contribution >= 4 is 11.7 Å². The van der Waals surface area contributed by atoms with Crippen LogP contribution in [0.15, 0.2) is 36.5 Å². The van der Waals surface area contributed by atoms with Crippen LogP contribution in [-0.2, 0) is 4.79 Å². The second-order valence-corrected chi connectivity index (χ2v) is 4.43. The Bertz CT molecular complexity index is 606. The molecule has 0 aliphatic rings. The Morgan fingerprint density at radius 2 is 1.95 bits per heavy atom. The Balaban J connectivity index is 1.98. The zero-order chi connectivity index (χ0) is 14.5. The van der Waals surface area contributed by atoms with Gasteiger partial charge in [0.25, 0.3) is 5.91 Å². The van der Waals surface area contributed by atoms with E-state index < -0.39 is 0 Å². The van der Waals surface area contributed by atoms with Crippen LogP contribution < -0.4 is 10.1 Å². The van der Waals surface area contributed by atoms with Gasteiger partial charge in [0.15, 0.2) is 18.2 Å². The first-order valence-corrected chi connectivity index (χ1v) is 6.21. The molecule has 0 atom stereocenters. The molecular formula is C15H16N2O3. The van der Waals surface area contributed by atoms with Crippen molar-refractivity contribution in [1.82, 2.24) is 4.98 Å². The molecule has 0 aliphatic carbocycles. The first-order chi connectivity index (χ1) is 9.58. The van der Waals surface area contributed by atoms with Crippen molar-refractivity contribution in [3.63, 3.8) is 0 Å². The van der Waals surface area contributed by atoms with E-state index in [1.54, 1.807) is 6.07 Å². The van der Waals surface area contributed by atoms with Crippen LogP contribution in [0.4, 0.5) is 5.82 Å². The molecule has 20 heavy (non-hydrogen) atoms. The molecule has 0 bridgehead atoms. The van der Waals surface area contributed by atoms with Gasteiger partial charge in [0, 0.05) is 6.20 Å². The zero-order valence-electron chi connectivity index (χ0n) is 11.4. The summed E-state index contributed by atoms with van der Waals surface area (Å²) >= 11 is 0. The number of nitrogens with one attached hydrogen (secondary N) is 1. The molecule has 2 aromatic rings. The van der Waals surface area contributed by atoms with Crippen molar-refractivity contribution in [3.05, 3.63) is 47.7 Å². The number of pyridine rings is 1. The van der Waals surface area contributed by atoms with Crippen LogP contribution in [0.5, 0.6) is 11.5 Å². The van der Waals surface area contributed by atoms with E-state index in [-0.39, 0.29) is 24.1 Å². The number of carbonyl (C=O) groups excluding carboxylic acids is 1. The molecule has 2 rings (SSSR count). The third-order valence-electron chi connectivity index (χ3n) is 2.80. The summed E-state index contributed by atoms with van der Waals surface area (Å²) in [5.41, 5.74) is 1.94. The molecule has 5 nitrogen and oxygen atoms in total. The van der Waals surface area contributed by atoms with Crippen LogP contribution in [0.25, 0.3) is 0 Å². The number of amides is 1. The fourth-order valence-electron chi connectivity index (χ4n) is 1.83. The maximum Gasteiger partial charge on any atom is 0.263 e. The van der Waals surface area contributed by atoms with Crippen LogP contribution in [0.1, 0.15) is 11.1 Å². The van der Waals surface area contributed by atoms with E-state index in [0.717, 1.165) is 11.1 Å². The van der Waals surface area contributed by atoms with Crippen LogP contribution in [0, 0.1) is 13.8 Å². The number of benzene rings is 1. The molecule has 0 saturated heterocycles. The molecule has 1 amide bonds. The van der Waals surface area contributed by atoms with Gasteiger partial charge < -0.3 is 15.2 Å². The average molecular weight is 272 g/mol. The number of aromatic nitrogens is 1. The van der Waals surface area contributed by atoms with Crippen LogP contribution in [0.3, 0.4) is 0 Å². The maximum atomic E-state index is 11.8. The van der Waals surface area contributed by atoms with Crippen molar-refractivity contribution in [2.24, 2.45) is 0 Å². The number of rotatable bonds is 4. The minimum Gasteiger partial charge on any atom is -0.504 e. The lowest BCUT2D eigenvalue weighted by Gasteiger charge is -2.12. The van der Waals surface area contributed by atoms with Gasteiger partial charge in [-0.25, -0.2) is 4.98 Å². The van der Waals surface area contributed by atoms with Gasteiger partial charge in [0.1, 0.15) is 5.75 Å². The summed E-state index contributed by atoms with van der Waals surface area (Å²) < 4.78 is 5.52. The minimum atomic E-state index is -0.373. The number of aryl methyl sites for hydroxylation is 2. The number of para-hydroxylation sites is 1. The summed E-state index contributed by atoms with van der Waals surface area (Å²) in [7, 11) is 0. The second kappa shape index (κ2) is 6.06. The molecule has 0 radical (unpaired) electrons. The lowest BCUT2D eigenvalue weighted by molar-refractivity contribution is -0.118. The highest BCUT2D eigenvalue weighted by Gasteiger charge is 2.09. The van der Waals surface area contributed by atoms with E-state index in [2.05, 4.69) is 10.3 Å². The molecule has 0 saturated carbocycles. The summed E-state index contributed by atoms with van der Waals surface area (Å²) in [4.78, 5) is 15.6. The van der Waals surface area contributed by atoms with Gasteiger partial charge in [-0.05, 0) is 37.1 Å². The van der Waals surface area contributed by atoms with Crippen molar-refractivity contribution in [1.29, 1.82) is 0 Å². The molecule has 2 N–H and O–H groups in total. The maximum absolute atomic E-state index is 11.8. The van der Waals surface area contributed by atoms with Crippen LogP contribution in [0.2, 0.25) is 0 Å². The van der Waals surface area contributed by atoms with Crippen molar-refractivity contribution < 1.29 is 14.6 Å². The molecule has 0 aliphatic heterocycles. The van der Waals surface area contributed by atoms with E-state index in [9.17, 15) is 9.90 Å². The summed E-state index contributed by atoms with van der Waals surface area (Å²) in [6.45, 7) is 3.71. The predicted molar refractivity (Wildman–Crippen MR) is 75.9 cm³/mol. The molecule has 5 heteroatoms. The molecule has 1 aromatic heterocycles. The summed E-state index contributed by atoms with van der Waals surface area (Å²) in [5, 5.41) is 12.0. The number of aromatic hydroxyl groups is 1. The van der Waals surface area contributed by atoms with Crippen molar-refractivity contribution in [2.75, 3.05) is 11.9 Å². The van der Waals surface area contributed by atoms with E-state index in [0.29, 0.717) is 5.75 Å². The number of nitrogens with zero attached hydrogens (tertiary/aromatic N) is 1. The van der Waals surface area contributed by atoms with Gasteiger partial charge in [-0.3, -0.25) is 4.79 Å². The van der Waals surface area contributed by atoms with Gasteiger partial charge in [-0.2, -0.15) is 0 Å². The van der Waals surface area contributed by atoms with Gasteiger partial charge in [-0.1, -0.05) is 18.2 Å². The number of hydrogen-bond acceptors (Lipinski definition) is 4. The molecule has 1 aromatic carbocycles. The highest BCUT2D eigenvalue weighted by Crippen LogP contribution is 2.22. The van der Waals surface area contributed by atoms with E-state index in [4.69, 9.17) is 4.74 Å². The molecule has 0 unspecified atom stereocenters. The Morgan fingerprint density at radius 1 is 1.25 bits per heavy atom.